The van der Waals surface area contributed by atoms with Gasteiger partial charge in [0.05, 0.1) is 18.8 Å². The Morgan fingerprint density at radius 2 is 1.67 bits per heavy atom. The second-order valence-corrected chi connectivity index (χ2v) is 12.0. The zero-order chi connectivity index (χ0) is 32.3. The molecule has 1 fully saturated rings. The lowest BCUT2D eigenvalue weighted by atomic mass is 9.98. The Bertz CT molecular complexity index is 1610. The molecule has 1 saturated heterocycles. The van der Waals surface area contributed by atoms with Gasteiger partial charge in [-0.25, -0.2) is 4.79 Å². The highest BCUT2D eigenvalue weighted by molar-refractivity contribution is 7.99. The summed E-state index contributed by atoms with van der Waals surface area (Å²) in [5.74, 6) is 0.619. The van der Waals surface area contributed by atoms with Crippen molar-refractivity contribution < 1.29 is 28.9 Å². The van der Waals surface area contributed by atoms with E-state index in [-0.39, 0.29) is 31.3 Å². The number of hydrogen-bond acceptors (Lipinski definition) is 7. The maximum atomic E-state index is 12.0. The van der Waals surface area contributed by atoms with Gasteiger partial charge in [0, 0.05) is 41.8 Å². The number of ether oxygens (including phenoxy) is 3. The molecular formula is C37H38N2O6S. The van der Waals surface area contributed by atoms with Gasteiger partial charge in [0.2, 0.25) is 5.91 Å². The molecule has 2 amide bonds. The van der Waals surface area contributed by atoms with Crippen molar-refractivity contribution >= 4 is 29.4 Å². The molecule has 238 valence electrons. The van der Waals surface area contributed by atoms with Crippen molar-refractivity contribution in [3.63, 3.8) is 0 Å². The zero-order valence-electron chi connectivity index (χ0n) is 25.7. The topological polar surface area (TPSA) is 106 Å². The summed E-state index contributed by atoms with van der Waals surface area (Å²) < 4.78 is 18.1. The monoisotopic (exact) mass is 638 g/mol. The second-order valence-electron chi connectivity index (χ2n) is 10.9. The van der Waals surface area contributed by atoms with Crippen LogP contribution in [0.15, 0.2) is 115 Å². The highest BCUT2D eigenvalue weighted by atomic mass is 32.2. The van der Waals surface area contributed by atoms with Crippen molar-refractivity contribution in [3.05, 3.63) is 132 Å². The third-order valence-corrected chi connectivity index (χ3v) is 8.64. The molecule has 5 rings (SSSR count). The van der Waals surface area contributed by atoms with Crippen LogP contribution < -0.4 is 10.6 Å². The lowest BCUT2D eigenvalue weighted by molar-refractivity contribution is -0.245. The normalized spacial score (nSPS) is 17.6. The van der Waals surface area contributed by atoms with Crippen molar-refractivity contribution in [3.8, 4) is 11.1 Å². The van der Waals surface area contributed by atoms with E-state index in [1.54, 1.807) is 11.8 Å². The highest BCUT2D eigenvalue weighted by Crippen LogP contribution is 2.40. The molecular weight excluding hydrogens is 600 g/mol. The van der Waals surface area contributed by atoms with Crippen LogP contribution >= 0.6 is 11.8 Å². The molecule has 8 nitrogen and oxygen atoms in total. The number of thioether (sulfide) groups is 1. The molecule has 3 N–H and O–H groups in total. The number of benzene rings is 4. The Kier molecular flexibility index (Phi) is 11.6. The maximum absolute atomic E-state index is 12.0. The van der Waals surface area contributed by atoms with Crippen molar-refractivity contribution in [2.75, 3.05) is 17.7 Å². The van der Waals surface area contributed by atoms with E-state index in [1.165, 1.54) is 13.0 Å². The predicted octanol–water partition coefficient (Wildman–Crippen LogP) is 7.55. The minimum absolute atomic E-state index is 0.0114. The maximum Gasteiger partial charge on any atom is 0.407 e. The van der Waals surface area contributed by atoms with Gasteiger partial charge in [0.15, 0.2) is 6.29 Å². The molecule has 9 heteroatoms. The van der Waals surface area contributed by atoms with E-state index >= 15 is 0 Å². The van der Waals surface area contributed by atoms with Crippen LogP contribution in [-0.2, 0) is 32.2 Å². The van der Waals surface area contributed by atoms with Gasteiger partial charge in [-0.15, -0.1) is 11.8 Å². The average Bonchev–Trinajstić information content (AvgIpc) is 3.09. The largest absolute Gasteiger partial charge is 0.445 e. The van der Waals surface area contributed by atoms with E-state index in [4.69, 9.17) is 14.2 Å². The third kappa shape index (κ3) is 9.08. The molecule has 4 aromatic rings. The summed E-state index contributed by atoms with van der Waals surface area (Å²) in [6.07, 6.45) is 0.862. The summed E-state index contributed by atoms with van der Waals surface area (Å²) in [4.78, 5) is 24.4. The Hall–Kier alpha value is -4.41. The lowest BCUT2D eigenvalue weighted by Gasteiger charge is -2.36. The Morgan fingerprint density at radius 3 is 2.37 bits per heavy atom. The van der Waals surface area contributed by atoms with Crippen molar-refractivity contribution in [2.24, 2.45) is 0 Å². The second kappa shape index (κ2) is 16.2. The van der Waals surface area contributed by atoms with Crippen LogP contribution in [0.1, 0.15) is 48.0 Å². The number of nitrogens with one attached hydrogen (secondary N) is 2. The molecule has 4 aromatic carbocycles. The zero-order valence-corrected chi connectivity index (χ0v) is 26.5. The fourth-order valence-electron chi connectivity index (χ4n) is 5.18. The predicted molar refractivity (Wildman–Crippen MR) is 180 cm³/mol. The quantitative estimate of drug-likeness (QED) is 0.109. The van der Waals surface area contributed by atoms with Gasteiger partial charge in [0.25, 0.3) is 0 Å². The molecule has 0 saturated carbocycles. The van der Waals surface area contributed by atoms with Crippen LogP contribution in [0.2, 0.25) is 0 Å². The molecule has 1 aliphatic heterocycles. The van der Waals surface area contributed by atoms with Crippen LogP contribution in [0.4, 0.5) is 10.5 Å². The number of hydrogen-bond donors (Lipinski definition) is 3. The number of carbonyl (C=O) groups excluding carboxylic acids is 2. The number of anilines is 1. The van der Waals surface area contributed by atoms with Gasteiger partial charge in [-0.2, -0.15) is 0 Å². The molecule has 1 aliphatic rings. The minimum Gasteiger partial charge on any atom is -0.445 e. The molecule has 3 atom stereocenters. The summed E-state index contributed by atoms with van der Waals surface area (Å²) in [6.45, 7) is 5.53. The lowest BCUT2D eigenvalue weighted by Crippen LogP contribution is -2.31. The van der Waals surface area contributed by atoms with Crippen LogP contribution in [-0.4, -0.2) is 35.6 Å². The van der Waals surface area contributed by atoms with Crippen molar-refractivity contribution in [1.82, 2.24) is 5.32 Å². The summed E-state index contributed by atoms with van der Waals surface area (Å²) in [5.41, 5.74) is 6.51. The van der Waals surface area contributed by atoms with E-state index < -0.39 is 12.4 Å². The van der Waals surface area contributed by atoms with Gasteiger partial charge < -0.3 is 30.0 Å². The number of carbonyl (C=O) groups is 2. The number of amides is 2. The summed E-state index contributed by atoms with van der Waals surface area (Å²) in [5, 5.41) is 15.1. The van der Waals surface area contributed by atoms with E-state index in [2.05, 4.69) is 17.2 Å². The standard InChI is InChI=1S/C37H38N2O6S/c1-3-20-43-37(42)38-22-30-6-4-5-7-34(30)27-12-14-29(15-13-27)36-44-32(21-35(45-36)28-10-8-26(23-40)9-11-28)24-46-33-18-16-31(17-19-33)39-25(2)41/h3-19,32,35-36,40H,1,20-24H2,2H3,(H,38,42)(H,39,41)/t32-,35+,36+/m0/s1. The molecule has 0 radical (unpaired) electrons. The van der Waals surface area contributed by atoms with E-state index in [0.717, 1.165) is 49.7 Å². The molecule has 46 heavy (non-hydrogen) atoms. The van der Waals surface area contributed by atoms with Gasteiger partial charge >= 0.3 is 6.09 Å². The van der Waals surface area contributed by atoms with E-state index in [0.29, 0.717) is 13.0 Å². The molecule has 0 bridgehead atoms. The average molecular weight is 639 g/mol. The van der Waals surface area contributed by atoms with E-state index in [1.807, 2.05) is 97.1 Å². The highest BCUT2D eigenvalue weighted by Gasteiger charge is 2.32. The first-order valence-corrected chi connectivity index (χ1v) is 16.1. The van der Waals surface area contributed by atoms with Crippen LogP contribution in [0, 0.1) is 0 Å². The van der Waals surface area contributed by atoms with Crippen LogP contribution in [0.25, 0.3) is 11.1 Å². The Balaban J connectivity index is 1.31. The fraction of sp³-hybridized carbons (Fsp3) is 0.243. The van der Waals surface area contributed by atoms with Crippen LogP contribution in [0.5, 0.6) is 0 Å². The Labute approximate surface area is 273 Å². The van der Waals surface area contributed by atoms with Crippen molar-refractivity contribution in [2.45, 2.75) is 49.9 Å². The third-order valence-electron chi connectivity index (χ3n) is 7.49. The smallest absolute Gasteiger partial charge is 0.407 e. The molecule has 0 aromatic heterocycles. The summed E-state index contributed by atoms with van der Waals surface area (Å²) in [6, 6.07) is 31.7. The first kappa shape index (κ1) is 33.0. The molecule has 0 spiro atoms. The van der Waals surface area contributed by atoms with Gasteiger partial charge in [-0.1, -0.05) is 85.5 Å². The number of aliphatic hydroxyl groups excluding tert-OH is 1. The van der Waals surface area contributed by atoms with Gasteiger partial charge in [-0.3, -0.25) is 4.79 Å². The number of alkyl carbamates (subject to hydrolysis) is 1. The molecule has 0 unspecified atom stereocenters. The SMILES string of the molecule is C=CCOC(=O)NCc1ccccc1-c1ccc([C@@H]2O[C@H](CSc3ccc(NC(C)=O)cc3)C[C@H](c3ccc(CO)cc3)O2)cc1. The number of rotatable bonds is 12. The fourth-order valence-corrected chi connectivity index (χ4v) is 6.10. The first-order chi connectivity index (χ1) is 22.4. The van der Waals surface area contributed by atoms with Gasteiger partial charge in [0.1, 0.15) is 6.61 Å². The Morgan fingerprint density at radius 1 is 0.957 bits per heavy atom. The first-order valence-electron chi connectivity index (χ1n) is 15.1. The van der Waals surface area contributed by atoms with Crippen molar-refractivity contribution in [1.29, 1.82) is 0 Å². The van der Waals surface area contributed by atoms with E-state index in [9.17, 15) is 14.7 Å². The van der Waals surface area contributed by atoms with Gasteiger partial charge in [-0.05, 0) is 52.1 Å². The summed E-state index contributed by atoms with van der Waals surface area (Å²) >= 11 is 1.70. The molecule has 1 heterocycles. The molecule has 0 aliphatic carbocycles. The minimum atomic E-state index is -0.574. The van der Waals surface area contributed by atoms with Crippen LogP contribution in [0.3, 0.4) is 0 Å². The summed E-state index contributed by atoms with van der Waals surface area (Å²) in [7, 11) is 0. The number of aliphatic hydroxyl groups is 1.